The van der Waals surface area contributed by atoms with Crippen LogP contribution < -0.4 is 11.1 Å². The summed E-state index contributed by atoms with van der Waals surface area (Å²) in [5, 5.41) is 12.1. The molecule has 1 aromatic rings. The molecule has 0 saturated carbocycles. The number of aryl methyl sites for hydroxylation is 2. The van der Waals surface area contributed by atoms with Gasteiger partial charge in [-0.05, 0) is 42.9 Å². The van der Waals surface area contributed by atoms with Gasteiger partial charge in [-0.25, -0.2) is 0 Å². The van der Waals surface area contributed by atoms with Crippen molar-refractivity contribution in [1.29, 1.82) is 0 Å². The zero-order chi connectivity index (χ0) is 12.3. The maximum Gasteiger partial charge on any atom is 0.320 e. The van der Waals surface area contributed by atoms with Gasteiger partial charge in [0.05, 0.1) is 0 Å². The van der Waals surface area contributed by atoms with Crippen molar-refractivity contribution in [3.8, 4) is 0 Å². The van der Waals surface area contributed by atoms with E-state index in [1.54, 1.807) is 0 Å². The van der Waals surface area contributed by atoms with E-state index in [0.29, 0.717) is 6.42 Å². The minimum atomic E-state index is -0.926. The lowest BCUT2D eigenvalue weighted by Crippen LogP contribution is -2.30. The molecule has 1 atom stereocenters. The van der Waals surface area contributed by atoms with E-state index >= 15 is 0 Å². The Hall–Kier alpha value is -1.55. The Morgan fingerprint density at radius 3 is 3.12 bits per heavy atom. The summed E-state index contributed by atoms with van der Waals surface area (Å²) in [7, 11) is 0. The Morgan fingerprint density at radius 2 is 2.35 bits per heavy atom. The molecule has 0 spiro atoms. The lowest BCUT2D eigenvalue weighted by molar-refractivity contribution is -0.138. The highest BCUT2D eigenvalue weighted by molar-refractivity contribution is 5.73. The van der Waals surface area contributed by atoms with Gasteiger partial charge in [0, 0.05) is 12.2 Å². The van der Waals surface area contributed by atoms with Gasteiger partial charge in [-0.15, -0.1) is 0 Å². The maximum atomic E-state index is 10.6. The highest BCUT2D eigenvalue weighted by atomic mass is 16.4. The normalized spacial score (nSPS) is 15.8. The number of nitrogens with two attached hydrogens (primary N) is 1. The van der Waals surface area contributed by atoms with E-state index in [4.69, 9.17) is 10.8 Å². The van der Waals surface area contributed by atoms with E-state index in [1.807, 2.05) is 6.07 Å². The smallest absolute Gasteiger partial charge is 0.320 e. The van der Waals surface area contributed by atoms with Gasteiger partial charge in [0.15, 0.2) is 0 Å². The quantitative estimate of drug-likeness (QED) is 0.736. The zero-order valence-corrected chi connectivity index (χ0v) is 9.78. The largest absolute Gasteiger partial charge is 0.480 e. The molecule has 0 amide bonds. The molecule has 2 rings (SSSR count). The van der Waals surface area contributed by atoms with Gasteiger partial charge in [-0.3, -0.25) is 4.79 Å². The summed E-state index contributed by atoms with van der Waals surface area (Å²) in [5.41, 5.74) is 9.20. The predicted octanol–water partition coefficient (Wildman–Crippen LogP) is 1.39. The van der Waals surface area contributed by atoms with Crippen molar-refractivity contribution in [3.63, 3.8) is 0 Å². The van der Waals surface area contributed by atoms with E-state index in [9.17, 15) is 4.79 Å². The molecule has 1 aromatic carbocycles. The van der Waals surface area contributed by atoms with Crippen LogP contribution in [0.2, 0.25) is 0 Å². The second kappa shape index (κ2) is 5.19. The van der Waals surface area contributed by atoms with E-state index in [0.717, 1.165) is 25.8 Å². The van der Waals surface area contributed by atoms with Gasteiger partial charge in [-0.2, -0.15) is 0 Å². The van der Waals surface area contributed by atoms with Gasteiger partial charge in [0.25, 0.3) is 0 Å². The van der Waals surface area contributed by atoms with Crippen molar-refractivity contribution in [2.24, 2.45) is 5.73 Å². The maximum absolute atomic E-state index is 10.6. The number of carboxylic acids is 1. The number of benzene rings is 1. The fraction of sp³-hybridized carbons (Fsp3) is 0.462. The molecule has 1 unspecified atom stereocenters. The van der Waals surface area contributed by atoms with Gasteiger partial charge < -0.3 is 16.2 Å². The highest BCUT2D eigenvalue weighted by Gasteiger charge is 2.12. The molecule has 0 saturated heterocycles. The summed E-state index contributed by atoms with van der Waals surface area (Å²) in [6.45, 7) is 1.04. The molecule has 0 bridgehead atoms. The molecule has 0 aliphatic carbocycles. The molecule has 1 aliphatic heterocycles. The van der Waals surface area contributed by atoms with Crippen molar-refractivity contribution in [3.05, 3.63) is 29.3 Å². The molecule has 17 heavy (non-hydrogen) atoms. The topological polar surface area (TPSA) is 75.3 Å². The Bertz CT molecular complexity index is 418. The van der Waals surface area contributed by atoms with Crippen LogP contribution in [0.15, 0.2) is 18.2 Å². The first-order valence-electron chi connectivity index (χ1n) is 6.01. The minimum Gasteiger partial charge on any atom is -0.480 e. The van der Waals surface area contributed by atoms with Crippen LogP contribution in [0.25, 0.3) is 0 Å². The molecule has 0 fully saturated rings. The summed E-state index contributed by atoms with van der Waals surface area (Å²) < 4.78 is 0. The average Bonchev–Trinajstić information content (AvgIpc) is 2.35. The van der Waals surface area contributed by atoms with E-state index in [2.05, 4.69) is 17.4 Å². The first-order valence-corrected chi connectivity index (χ1v) is 6.01. The van der Waals surface area contributed by atoms with E-state index in [1.165, 1.54) is 16.8 Å². The van der Waals surface area contributed by atoms with Crippen molar-refractivity contribution < 1.29 is 9.90 Å². The lowest BCUT2D eigenvalue weighted by atomic mass is 9.98. The lowest BCUT2D eigenvalue weighted by Gasteiger charge is -2.18. The van der Waals surface area contributed by atoms with E-state index in [-0.39, 0.29) is 0 Å². The number of aliphatic carboxylic acids is 1. The van der Waals surface area contributed by atoms with Crippen LogP contribution in [-0.4, -0.2) is 23.7 Å². The number of carboxylic acid groups (broad SMARTS) is 1. The third kappa shape index (κ3) is 2.97. The molecule has 0 radical (unpaired) electrons. The van der Waals surface area contributed by atoms with Crippen molar-refractivity contribution in [2.75, 3.05) is 11.9 Å². The molecular formula is C13H18N2O2. The second-order valence-electron chi connectivity index (χ2n) is 4.51. The molecule has 4 heteroatoms. The van der Waals surface area contributed by atoms with Crippen LogP contribution in [-0.2, 0) is 17.6 Å². The summed E-state index contributed by atoms with van der Waals surface area (Å²) in [6.07, 6.45) is 3.47. The van der Waals surface area contributed by atoms with Crippen molar-refractivity contribution >= 4 is 11.7 Å². The molecule has 4 N–H and O–H groups in total. The third-order valence-corrected chi connectivity index (χ3v) is 3.17. The van der Waals surface area contributed by atoms with Crippen LogP contribution in [0.1, 0.15) is 24.0 Å². The molecule has 4 nitrogen and oxygen atoms in total. The Kier molecular flexibility index (Phi) is 3.64. The summed E-state index contributed by atoms with van der Waals surface area (Å²) >= 11 is 0. The van der Waals surface area contributed by atoms with Crippen molar-refractivity contribution in [2.45, 2.75) is 31.7 Å². The number of nitrogens with one attached hydrogen (secondary N) is 1. The highest BCUT2D eigenvalue weighted by Crippen LogP contribution is 2.23. The molecule has 92 valence electrons. The Morgan fingerprint density at radius 1 is 1.53 bits per heavy atom. The zero-order valence-electron chi connectivity index (χ0n) is 9.78. The van der Waals surface area contributed by atoms with Crippen LogP contribution in [0, 0.1) is 0 Å². The van der Waals surface area contributed by atoms with Gasteiger partial charge in [0.2, 0.25) is 0 Å². The summed E-state index contributed by atoms with van der Waals surface area (Å²) in [6, 6.07) is 5.53. The second-order valence-corrected chi connectivity index (χ2v) is 4.51. The SMILES string of the molecule is NC(CCc1ccc2c(c1)CCCN2)C(=O)O. The number of hydrogen-bond acceptors (Lipinski definition) is 3. The number of anilines is 1. The standard InChI is InChI=1S/C13H18N2O2/c14-11(13(16)17)5-3-9-4-6-12-10(8-9)2-1-7-15-12/h4,6,8,11,15H,1-3,5,7,14H2,(H,16,17). The number of hydrogen-bond donors (Lipinski definition) is 3. The predicted molar refractivity (Wildman–Crippen MR) is 67.2 cm³/mol. The summed E-state index contributed by atoms with van der Waals surface area (Å²) in [4.78, 5) is 10.6. The summed E-state index contributed by atoms with van der Waals surface area (Å²) in [5.74, 6) is -0.926. The van der Waals surface area contributed by atoms with Gasteiger partial charge >= 0.3 is 5.97 Å². The number of carbonyl (C=O) groups is 1. The monoisotopic (exact) mass is 234 g/mol. The third-order valence-electron chi connectivity index (χ3n) is 3.17. The van der Waals surface area contributed by atoms with Crippen LogP contribution in [0.3, 0.4) is 0 Å². The fourth-order valence-electron chi connectivity index (χ4n) is 2.13. The average molecular weight is 234 g/mol. The molecule has 1 aliphatic rings. The number of fused-ring (bicyclic) bond motifs is 1. The first-order chi connectivity index (χ1) is 8.16. The van der Waals surface area contributed by atoms with E-state index < -0.39 is 12.0 Å². The van der Waals surface area contributed by atoms with Crippen LogP contribution in [0.5, 0.6) is 0 Å². The first kappa shape index (κ1) is 11.9. The Labute approximate surface area is 101 Å². The molecular weight excluding hydrogens is 216 g/mol. The van der Waals surface area contributed by atoms with Gasteiger partial charge in [0.1, 0.15) is 6.04 Å². The minimum absolute atomic E-state index is 0.488. The van der Waals surface area contributed by atoms with Crippen molar-refractivity contribution in [1.82, 2.24) is 0 Å². The fourth-order valence-corrected chi connectivity index (χ4v) is 2.13. The van der Waals surface area contributed by atoms with Crippen LogP contribution >= 0.6 is 0 Å². The van der Waals surface area contributed by atoms with Gasteiger partial charge in [-0.1, -0.05) is 12.1 Å². The van der Waals surface area contributed by atoms with Crippen LogP contribution in [0.4, 0.5) is 5.69 Å². The molecule has 1 heterocycles. The number of rotatable bonds is 4. The Balaban J connectivity index is 2.00. The molecule has 0 aromatic heterocycles.